The van der Waals surface area contributed by atoms with Gasteiger partial charge in [0.05, 0.1) is 13.2 Å². The summed E-state index contributed by atoms with van der Waals surface area (Å²) in [5.41, 5.74) is 4.12. The molecule has 0 fully saturated rings. The molecule has 5 heteroatoms. The Morgan fingerprint density at radius 3 is 2.89 bits per heavy atom. The van der Waals surface area contributed by atoms with Gasteiger partial charge in [0, 0.05) is 15.0 Å². The number of nitrogens with one attached hydrogen (secondary N) is 1. The average molecular weight is 290 g/mol. The molecule has 0 bridgehead atoms. The lowest BCUT2D eigenvalue weighted by Crippen LogP contribution is -2.28. The van der Waals surface area contributed by atoms with Crippen LogP contribution in [0.5, 0.6) is 5.75 Å². The zero-order valence-electron chi connectivity index (χ0n) is 10.4. The Balaban J connectivity index is 2.09. The molecule has 3 nitrogen and oxygen atoms in total. The Bertz CT molecular complexity index is 689. The van der Waals surface area contributed by atoms with Crippen LogP contribution >= 0.6 is 22.7 Å². The lowest BCUT2D eigenvalue weighted by molar-refractivity contribution is 0.416. The molecule has 0 aliphatic carbocycles. The summed E-state index contributed by atoms with van der Waals surface area (Å²) >= 11 is 3.39. The lowest BCUT2D eigenvalue weighted by atomic mass is 10.0. The van der Waals surface area contributed by atoms with E-state index >= 15 is 0 Å². The summed E-state index contributed by atoms with van der Waals surface area (Å²) in [4.78, 5) is 1.15. The predicted octanol–water partition coefficient (Wildman–Crippen LogP) is 3.52. The molecule has 3 N–H and O–H groups in total. The first-order valence-corrected chi connectivity index (χ1v) is 7.64. The highest BCUT2D eigenvalue weighted by atomic mass is 32.1. The first-order chi connectivity index (χ1) is 9.33. The second-order valence-electron chi connectivity index (χ2n) is 4.17. The molecule has 3 aromatic rings. The zero-order valence-corrected chi connectivity index (χ0v) is 12.1. The minimum absolute atomic E-state index is 0.00347. The van der Waals surface area contributed by atoms with Gasteiger partial charge < -0.3 is 4.74 Å². The molecule has 0 saturated heterocycles. The van der Waals surface area contributed by atoms with Crippen LogP contribution in [0.4, 0.5) is 0 Å². The number of hydrogen-bond donors (Lipinski definition) is 2. The van der Waals surface area contributed by atoms with E-state index in [4.69, 9.17) is 10.6 Å². The van der Waals surface area contributed by atoms with Crippen LogP contribution in [0.25, 0.3) is 10.1 Å². The first-order valence-electron chi connectivity index (χ1n) is 5.88. The minimum Gasteiger partial charge on any atom is -0.496 e. The molecule has 2 heterocycles. The molecule has 3 rings (SSSR count). The largest absolute Gasteiger partial charge is 0.496 e. The van der Waals surface area contributed by atoms with Crippen LogP contribution in [0, 0.1) is 0 Å². The summed E-state index contributed by atoms with van der Waals surface area (Å²) in [7, 11) is 1.68. The van der Waals surface area contributed by atoms with Gasteiger partial charge in [-0.25, -0.2) is 5.43 Å². The Labute approximate surface area is 119 Å². The molecule has 0 saturated carbocycles. The monoisotopic (exact) mass is 290 g/mol. The Morgan fingerprint density at radius 1 is 1.26 bits per heavy atom. The normalized spacial score (nSPS) is 12.7. The molecule has 0 radical (unpaired) electrons. The van der Waals surface area contributed by atoms with Crippen molar-refractivity contribution < 1.29 is 4.74 Å². The van der Waals surface area contributed by atoms with Crippen molar-refractivity contribution in [2.24, 2.45) is 5.84 Å². The maximum Gasteiger partial charge on any atom is 0.129 e. The number of hydrazine groups is 1. The van der Waals surface area contributed by atoms with Gasteiger partial charge in [0.1, 0.15) is 5.75 Å². The molecular weight excluding hydrogens is 276 g/mol. The van der Waals surface area contributed by atoms with E-state index in [-0.39, 0.29) is 6.04 Å². The van der Waals surface area contributed by atoms with Crippen LogP contribution in [-0.4, -0.2) is 7.11 Å². The molecule has 1 aromatic carbocycles. The van der Waals surface area contributed by atoms with E-state index in [1.807, 2.05) is 11.4 Å². The molecule has 0 amide bonds. The Hall–Kier alpha value is -1.40. The molecule has 19 heavy (non-hydrogen) atoms. The number of rotatable bonds is 4. The van der Waals surface area contributed by atoms with Crippen molar-refractivity contribution in [3.8, 4) is 5.75 Å². The van der Waals surface area contributed by atoms with Gasteiger partial charge in [0.15, 0.2) is 0 Å². The highest BCUT2D eigenvalue weighted by molar-refractivity contribution is 7.17. The standard InChI is InChI=1S/C14H14N2OS2/c1-17-10-7-12(19-8-10)13(16-15)11-4-2-3-9-5-6-18-14(9)11/h2-8,13,16H,15H2,1H3. The number of fused-ring (bicyclic) bond motifs is 1. The summed E-state index contributed by atoms with van der Waals surface area (Å²) < 4.78 is 6.52. The van der Waals surface area contributed by atoms with Gasteiger partial charge in [0.25, 0.3) is 0 Å². The maximum absolute atomic E-state index is 5.77. The van der Waals surface area contributed by atoms with Crippen LogP contribution in [0.2, 0.25) is 0 Å². The molecule has 98 valence electrons. The van der Waals surface area contributed by atoms with Gasteiger partial charge in [-0.3, -0.25) is 5.84 Å². The number of thiophene rings is 2. The Morgan fingerprint density at radius 2 is 2.16 bits per heavy atom. The number of hydrogen-bond acceptors (Lipinski definition) is 5. The van der Waals surface area contributed by atoms with Crippen LogP contribution in [-0.2, 0) is 0 Å². The highest BCUT2D eigenvalue weighted by Gasteiger charge is 2.18. The Kier molecular flexibility index (Phi) is 3.52. The van der Waals surface area contributed by atoms with Gasteiger partial charge in [-0.2, -0.15) is 0 Å². The minimum atomic E-state index is -0.00347. The smallest absolute Gasteiger partial charge is 0.129 e. The highest BCUT2D eigenvalue weighted by Crippen LogP contribution is 2.35. The van der Waals surface area contributed by atoms with E-state index < -0.39 is 0 Å². The summed E-state index contributed by atoms with van der Waals surface area (Å²) in [6.07, 6.45) is 0. The second-order valence-corrected chi connectivity index (χ2v) is 6.03. The van der Waals surface area contributed by atoms with Crippen molar-refractivity contribution in [1.29, 1.82) is 0 Å². The van der Waals surface area contributed by atoms with Crippen LogP contribution < -0.4 is 16.0 Å². The van der Waals surface area contributed by atoms with Crippen molar-refractivity contribution >= 4 is 32.8 Å². The van der Waals surface area contributed by atoms with E-state index in [9.17, 15) is 0 Å². The topological polar surface area (TPSA) is 47.3 Å². The number of benzene rings is 1. The van der Waals surface area contributed by atoms with Gasteiger partial charge in [-0.05, 0) is 28.5 Å². The zero-order chi connectivity index (χ0) is 13.2. The SMILES string of the molecule is COc1csc(C(NN)c2cccc3ccsc23)c1. The van der Waals surface area contributed by atoms with E-state index in [1.54, 1.807) is 29.8 Å². The third-order valence-corrected chi connectivity index (χ3v) is 5.06. The number of methoxy groups -OCH3 is 1. The van der Waals surface area contributed by atoms with E-state index in [0.717, 1.165) is 10.6 Å². The summed E-state index contributed by atoms with van der Waals surface area (Å²) in [5, 5.41) is 5.36. The fraction of sp³-hybridized carbons (Fsp3) is 0.143. The second kappa shape index (κ2) is 5.30. The van der Waals surface area contributed by atoms with Crippen LogP contribution in [0.1, 0.15) is 16.5 Å². The average Bonchev–Trinajstić information content (AvgIpc) is 3.08. The van der Waals surface area contributed by atoms with Crippen molar-refractivity contribution in [1.82, 2.24) is 5.43 Å². The maximum atomic E-state index is 5.77. The van der Waals surface area contributed by atoms with Gasteiger partial charge in [0.2, 0.25) is 0 Å². The number of ether oxygens (including phenoxy) is 1. The quantitative estimate of drug-likeness (QED) is 0.571. The molecule has 1 unspecified atom stereocenters. The van der Waals surface area contributed by atoms with Crippen molar-refractivity contribution in [2.75, 3.05) is 7.11 Å². The fourth-order valence-electron chi connectivity index (χ4n) is 2.16. The summed E-state index contributed by atoms with van der Waals surface area (Å²) in [6.45, 7) is 0. The molecule has 1 atom stereocenters. The fourth-order valence-corrected chi connectivity index (χ4v) is 4.04. The van der Waals surface area contributed by atoms with E-state index in [1.165, 1.54) is 15.6 Å². The van der Waals surface area contributed by atoms with Crippen LogP contribution in [0.3, 0.4) is 0 Å². The molecular formula is C14H14N2OS2. The van der Waals surface area contributed by atoms with Gasteiger partial charge in [-0.15, -0.1) is 22.7 Å². The van der Waals surface area contributed by atoms with E-state index in [0.29, 0.717) is 0 Å². The predicted molar refractivity (Wildman–Crippen MR) is 81.9 cm³/mol. The van der Waals surface area contributed by atoms with Crippen LogP contribution in [0.15, 0.2) is 41.1 Å². The molecule has 2 aromatic heterocycles. The third-order valence-electron chi connectivity index (χ3n) is 3.10. The number of nitrogens with two attached hydrogens (primary N) is 1. The molecule has 0 spiro atoms. The lowest BCUT2D eigenvalue weighted by Gasteiger charge is -2.15. The van der Waals surface area contributed by atoms with Gasteiger partial charge >= 0.3 is 0 Å². The van der Waals surface area contributed by atoms with Gasteiger partial charge in [-0.1, -0.05) is 18.2 Å². The van der Waals surface area contributed by atoms with Crippen molar-refractivity contribution in [3.63, 3.8) is 0 Å². The molecule has 0 aliphatic rings. The van der Waals surface area contributed by atoms with E-state index in [2.05, 4.69) is 35.1 Å². The van der Waals surface area contributed by atoms with Crippen molar-refractivity contribution in [2.45, 2.75) is 6.04 Å². The molecule has 0 aliphatic heterocycles. The van der Waals surface area contributed by atoms with Crippen molar-refractivity contribution in [3.05, 3.63) is 51.5 Å². The first kappa shape index (κ1) is 12.6. The summed E-state index contributed by atoms with van der Waals surface area (Å²) in [5.74, 6) is 6.64. The third kappa shape index (κ3) is 2.26. The summed E-state index contributed by atoms with van der Waals surface area (Å²) in [6, 6.07) is 10.5.